The fourth-order valence-corrected chi connectivity index (χ4v) is 5.82. The van der Waals surface area contributed by atoms with Crippen molar-refractivity contribution in [3.05, 3.63) is 62.2 Å². The van der Waals surface area contributed by atoms with Crippen LogP contribution in [0.4, 0.5) is 0 Å². The summed E-state index contributed by atoms with van der Waals surface area (Å²) in [6.07, 6.45) is 0.413. The second-order valence-electron chi connectivity index (χ2n) is 7.75. The largest absolute Gasteiger partial charge is 0.506 e. The summed E-state index contributed by atoms with van der Waals surface area (Å²) >= 11 is 6.87. The molecule has 3 aromatic rings. The Kier molecular flexibility index (Phi) is 9.30. The summed E-state index contributed by atoms with van der Waals surface area (Å²) < 4.78 is 25.0. The summed E-state index contributed by atoms with van der Waals surface area (Å²) in [6.45, 7) is 1.71. The maximum atomic E-state index is 12.2. The number of fused-ring (bicyclic) bond motifs is 1. The van der Waals surface area contributed by atoms with Crippen LogP contribution in [0.1, 0.15) is 23.7 Å². The molecule has 11 heteroatoms. The molecule has 0 aliphatic heterocycles. The fraction of sp³-hybridized carbons (Fsp3) is 0.409. The molecule has 3 rings (SSSR count). The van der Waals surface area contributed by atoms with Gasteiger partial charge in [0.25, 0.3) is 0 Å². The lowest BCUT2D eigenvalue weighted by molar-refractivity contribution is 0.177. The van der Waals surface area contributed by atoms with Crippen LogP contribution in [0.2, 0.25) is 5.02 Å². The molecule has 5 N–H and O–H groups in total. The van der Waals surface area contributed by atoms with Crippen LogP contribution >= 0.6 is 22.9 Å². The predicted molar refractivity (Wildman–Crippen MR) is 133 cm³/mol. The Bertz CT molecular complexity index is 1230. The van der Waals surface area contributed by atoms with Gasteiger partial charge in [0.05, 0.1) is 22.3 Å². The van der Waals surface area contributed by atoms with Gasteiger partial charge in [0, 0.05) is 23.7 Å². The molecule has 0 bridgehead atoms. The summed E-state index contributed by atoms with van der Waals surface area (Å²) in [7, 11) is -3.20. The SMILES string of the molecule is O=c1[nH]c2c(O)ccc([C@@H](O)CNCCS(=O)(=O)CCCNCCc3cccc(Cl)c3)c2s1. The van der Waals surface area contributed by atoms with Gasteiger partial charge in [0.1, 0.15) is 11.3 Å². The molecule has 0 saturated heterocycles. The molecule has 0 spiro atoms. The van der Waals surface area contributed by atoms with Crippen LogP contribution in [0.25, 0.3) is 10.2 Å². The van der Waals surface area contributed by atoms with E-state index >= 15 is 0 Å². The molecule has 1 atom stereocenters. The zero-order valence-corrected chi connectivity index (χ0v) is 20.4. The number of phenolic OH excluding ortho intramolecular Hbond substituents is 1. The first kappa shape index (κ1) is 25.7. The third kappa shape index (κ3) is 7.80. The number of thiazole rings is 1. The number of aliphatic hydroxyl groups is 1. The standard InChI is InChI=1S/C22H28ClN3O5S2/c23-16-4-1-3-15(13-16)7-9-24-8-2-11-33(30,31)12-10-25-14-19(28)17-5-6-18(27)20-21(17)32-22(29)26-20/h1,3-6,13,19,24-25,27-28H,2,7-12,14H2,(H,26,29)/t19-/m0/s1. The summed E-state index contributed by atoms with van der Waals surface area (Å²) in [5.74, 6) is 0.0134. The Morgan fingerprint density at radius 3 is 2.70 bits per heavy atom. The van der Waals surface area contributed by atoms with Crippen molar-refractivity contribution in [2.75, 3.05) is 37.7 Å². The number of phenols is 1. The molecule has 2 aromatic carbocycles. The van der Waals surface area contributed by atoms with Crippen molar-refractivity contribution in [2.45, 2.75) is 18.9 Å². The Morgan fingerprint density at radius 1 is 1.09 bits per heavy atom. The second-order valence-corrected chi connectivity index (χ2v) is 11.5. The molecule has 0 radical (unpaired) electrons. The zero-order valence-electron chi connectivity index (χ0n) is 18.0. The molecule has 33 heavy (non-hydrogen) atoms. The van der Waals surface area contributed by atoms with Crippen LogP contribution in [0, 0.1) is 0 Å². The van der Waals surface area contributed by atoms with Gasteiger partial charge >= 0.3 is 4.87 Å². The highest BCUT2D eigenvalue weighted by atomic mass is 35.5. The van der Waals surface area contributed by atoms with Crippen molar-refractivity contribution in [2.24, 2.45) is 0 Å². The van der Waals surface area contributed by atoms with E-state index in [1.807, 2.05) is 24.3 Å². The fourth-order valence-electron chi connectivity index (χ4n) is 3.45. The van der Waals surface area contributed by atoms with Gasteiger partial charge in [-0.3, -0.25) is 4.79 Å². The second kappa shape index (κ2) is 12.0. The van der Waals surface area contributed by atoms with Gasteiger partial charge in [-0.05, 0) is 49.7 Å². The van der Waals surface area contributed by atoms with Gasteiger partial charge in [-0.2, -0.15) is 0 Å². The van der Waals surface area contributed by atoms with E-state index in [0.29, 0.717) is 33.8 Å². The minimum absolute atomic E-state index is 0.0231. The first-order valence-electron chi connectivity index (χ1n) is 10.6. The number of nitrogens with one attached hydrogen (secondary N) is 3. The van der Waals surface area contributed by atoms with Crippen LogP contribution < -0.4 is 15.5 Å². The summed E-state index contributed by atoms with van der Waals surface area (Å²) in [6, 6.07) is 10.6. The van der Waals surface area contributed by atoms with Crippen molar-refractivity contribution < 1.29 is 18.6 Å². The average Bonchev–Trinajstić information content (AvgIpc) is 3.16. The molecule has 1 heterocycles. The van der Waals surface area contributed by atoms with E-state index in [-0.39, 0.29) is 35.2 Å². The normalized spacial score (nSPS) is 12.9. The van der Waals surface area contributed by atoms with Crippen molar-refractivity contribution in [1.29, 1.82) is 0 Å². The lowest BCUT2D eigenvalue weighted by Gasteiger charge is -2.13. The number of hydrogen-bond acceptors (Lipinski definition) is 8. The molecule has 1 aromatic heterocycles. The summed E-state index contributed by atoms with van der Waals surface area (Å²) in [5.41, 5.74) is 1.94. The van der Waals surface area contributed by atoms with Gasteiger partial charge < -0.3 is 25.8 Å². The quantitative estimate of drug-likeness (QED) is 0.221. The first-order valence-corrected chi connectivity index (χ1v) is 13.7. The number of benzene rings is 2. The van der Waals surface area contributed by atoms with Gasteiger partial charge in [-0.15, -0.1) is 0 Å². The molecule has 0 aliphatic rings. The number of aromatic nitrogens is 1. The number of halogens is 1. The smallest absolute Gasteiger partial charge is 0.305 e. The predicted octanol–water partition coefficient (Wildman–Crippen LogP) is 2.21. The Balaban J connectivity index is 1.33. The number of aromatic amines is 1. The molecule has 0 aliphatic carbocycles. The van der Waals surface area contributed by atoms with Crippen LogP contribution in [-0.2, 0) is 16.3 Å². The van der Waals surface area contributed by atoms with Gasteiger partial charge in [-0.25, -0.2) is 8.42 Å². The van der Waals surface area contributed by atoms with E-state index < -0.39 is 15.9 Å². The number of H-pyrrole nitrogens is 1. The van der Waals surface area contributed by atoms with Crippen LogP contribution in [-0.4, -0.2) is 61.3 Å². The highest BCUT2D eigenvalue weighted by molar-refractivity contribution is 7.91. The molecule has 0 amide bonds. The van der Waals surface area contributed by atoms with E-state index in [1.165, 1.54) is 6.07 Å². The maximum Gasteiger partial charge on any atom is 0.305 e. The average molecular weight is 514 g/mol. The van der Waals surface area contributed by atoms with Gasteiger partial charge in [0.2, 0.25) is 0 Å². The zero-order chi connectivity index (χ0) is 23.8. The van der Waals surface area contributed by atoms with E-state index in [2.05, 4.69) is 15.6 Å². The number of aliphatic hydroxyl groups excluding tert-OH is 1. The molecule has 180 valence electrons. The number of hydrogen-bond donors (Lipinski definition) is 5. The van der Waals surface area contributed by atoms with Gasteiger partial charge in [0.15, 0.2) is 9.84 Å². The Morgan fingerprint density at radius 2 is 1.91 bits per heavy atom. The molecule has 0 fully saturated rings. The monoisotopic (exact) mass is 513 g/mol. The van der Waals surface area contributed by atoms with E-state index in [4.69, 9.17) is 11.6 Å². The first-order chi connectivity index (χ1) is 15.7. The topological polar surface area (TPSA) is 132 Å². The van der Waals surface area contributed by atoms with Crippen molar-refractivity contribution in [3.63, 3.8) is 0 Å². The summed E-state index contributed by atoms with van der Waals surface area (Å²) in [5, 5.41) is 27.2. The van der Waals surface area contributed by atoms with Crippen LogP contribution in [0.5, 0.6) is 5.75 Å². The van der Waals surface area contributed by atoms with Gasteiger partial charge in [-0.1, -0.05) is 41.1 Å². The molecule has 0 saturated carbocycles. The van der Waals surface area contributed by atoms with Crippen molar-refractivity contribution >= 4 is 43.0 Å². The van der Waals surface area contributed by atoms with E-state index in [9.17, 15) is 23.4 Å². The van der Waals surface area contributed by atoms with Crippen molar-refractivity contribution in [3.8, 4) is 5.75 Å². The van der Waals surface area contributed by atoms with Crippen LogP contribution in [0.15, 0.2) is 41.2 Å². The number of aromatic hydroxyl groups is 1. The number of rotatable bonds is 13. The Labute approximate surface area is 201 Å². The maximum absolute atomic E-state index is 12.2. The third-order valence-corrected chi connectivity index (χ3v) is 8.07. The van der Waals surface area contributed by atoms with Crippen molar-refractivity contribution in [1.82, 2.24) is 15.6 Å². The molecular formula is C22H28ClN3O5S2. The van der Waals surface area contributed by atoms with Crippen LogP contribution in [0.3, 0.4) is 0 Å². The lowest BCUT2D eigenvalue weighted by Crippen LogP contribution is -2.29. The minimum Gasteiger partial charge on any atom is -0.506 e. The highest BCUT2D eigenvalue weighted by Gasteiger charge is 2.16. The molecular weight excluding hydrogens is 486 g/mol. The number of sulfone groups is 1. The van der Waals surface area contributed by atoms with E-state index in [1.54, 1.807) is 6.07 Å². The van der Waals surface area contributed by atoms with E-state index in [0.717, 1.165) is 29.9 Å². The molecule has 0 unspecified atom stereocenters. The minimum atomic E-state index is -3.20. The molecule has 8 nitrogen and oxygen atoms in total. The Hall–Kier alpha value is -1.95. The highest BCUT2D eigenvalue weighted by Crippen LogP contribution is 2.31. The summed E-state index contributed by atoms with van der Waals surface area (Å²) in [4.78, 5) is 13.8. The lowest BCUT2D eigenvalue weighted by atomic mass is 10.1. The third-order valence-electron chi connectivity index (χ3n) is 5.16.